The van der Waals surface area contributed by atoms with E-state index in [4.69, 9.17) is 19.9 Å². The second-order valence-electron chi connectivity index (χ2n) is 15.0. The number of anilines is 2. The number of amides is 3. The van der Waals surface area contributed by atoms with Crippen LogP contribution in [0.15, 0.2) is 60.7 Å². The Morgan fingerprint density at radius 1 is 0.778 bits per heavy atom. The number of carbonyl (C=O) groups excluding carboxylic acids is 3. The van der Waals surface area contributed by atoms with E-state index in [1.165, 1.54) is 17.0 Å². The number of rotatable bonds is 5. The van der Waals surface area contributed by atoms with Gasteiger partial charge in [-0.15, -0.1) is 0 Å². The van der Waals surface area contributed by atoms with Crippen molar-refractivity contribution in [3.63, 3.8) is 0 Å². The van der Waals surface area contributed by atoms with E-state index < -0.39 is 46.7 Å². The third kappa shape index (κ3) is 12.1. The molecule has 0 aliphatic carbocycles. The molecule has 2 aliphatic heterocycles. The third-order valence-corrected chi connectivity index (χ3v) is 8.42. The number of likely N-dealkylation sites (tertiary alicyclic amines) is 1. The van der Waals surface area contributed by atoms with Crippen LogP contribution in [0.4, 0.5) is 43.3 Å². The highest BCUT2D eigenvalue weighted by atomic mass is 19.1. The van der Waals surface area contributed by atoms with Gasteiger partial charge in [0, 0.05) is 43.9 Å². The van der Waals surface area contributed by atoms with Crippen molar-refractivity contribution in [2.45, 2.75) is 84.5 Å². The number of halogens is 4. The number of nitrogens with two attached hydrogens (primary N) is 1. The zero-order valence-electron chi connectivity index (χ0n) is 31.4. The molecule has 3 aromatic carbocycles. The monoisotopic (exact) mass is 756 g/mol. The van der Waals surface area contributed by atoms with Gasteiger partial charge in [0.2, 0.25) is 0 Å². The highest BCUT2D eigenvalue weighted by Gasteiger charge is 2.29. The topological polar surface area (TPSA) is 123 Å². The molecule has 292 valence electrons. The Hall–Kier alpha value is -5.27. The molecular formula is C40H48F4N4O6. The number of piperidine rings is 1. The maximum Gasteiger partial charge on any atom is 0.412 e. The molecule has 3 amide bonds. The van der Waals surface area contributed by atoms with Crippen LogP contribution < -0.4 is 11.1 Å². The van der Waals surface area contributed by atoms with E-state index in [2.05, 4.69) is 5.32 Å². The Balaban J connectivity index is 0.000000258. The molecule has 0 aromatic heterocycles. The highest BCUT2D eigenvalue weighted by molar-refractivity contribution is 5.86. The maximum absolute atomic E-state index is 14.5. The SMILES string of the molecule is CC(C)(C)OC(=O)N1CC=C(c2cc(NC(=O)OCc3ccccc3)c(F)cc2F)CC1.CC(C)(C)OC(=O)N1CCC(c2cc(N)c(F)cc2F)CC1. The zero-order chi connectivity index (χ0) is 39.8. The molecule has 3 N–H and O–H groups in total. The van der Waals surface area contributed by atoms with E-state index in [9.17, 15) is 31.9 Å². The molecule has 14 heteroatoms. The van der Waals surface area contributed by atoms with Crippen LogP contribution in [0.5, 0.6) is 0 Å². The van der Waals surface area contributed by atoms with Gasteiger partial charge in [0.15, 0.2) is 0 Å². The maximum atomic E-state index is 14.5. The van der Waals surface area contributed by atoms with Gasteiger partial charge in [-0.1, -0.05) is 36.4 Å². The predicted octanol–water partition coefficient (Wildman–Crippen LogP) is 9.40. The van der Waals surface area contributed by atoms with E-state index >= 15 is 0 Å². The van der Waals surface area contributed by atoms with Crippen molar-refractivity contribution in [1.82, 2.24) is 9.80 Å². The molecule has 0 spiro atoms. The van der Waals surface area contributed by atoms with Crippen LogP contribution in [-0.2, 0) is 20.8 Å². The lowest BCUT2D eigenvalue weighted by atomic mass is 9.89. The first-order chi connectivity index (χ1) is 25.3. The quantitative estimate of drug-likeness (QED) is 0.151. The molecule has 1 fully saturated rings. The zero-order valence-corrected chi connectivity index (χ0v) is 31.4. The van der Waals surface area contributed by atoms with Crippen LogP contribution in [-0.4, -0.2) is 65.5 Å². The van der Waals surface area contributed by atoms with Gasteiger partial charge in [-0.05, 0) is 95.6 Å². The molecule has 1 saturated heterocycles. The summed E-state index contributed by atoms with van der Waals surface area (Å²) in [6, 6.07) is 13.2. The molecule has 10 nitrogen and oxygen atoms in total. The van der Waals surface area contributed by atoms with Gasteiger partial charge in [0.05, 0.1) is 11.4 Å². The number of carbonyl (C=O) groups is 3. The van der Waals surface area contributed by atoms with E-state index in [0.29, 0.717) is 50.0 Å². The number of nitrogens with zero attached hydrogens (tertiary/aromatic N) is 2. The van der Waals surface area contributed by atoms with Crippen LogP contribution in [0.25, 0.3) is 5.57 Å². The molecule has 0 bridgehead atoms. The summed E-state index contributed by atoms with van der Waals surface area (Å²) in [4.78, 5) is 39.4. The highest BCUT2D eigenvalue weighted by Crippen LogP contribution is 2.33. The molecule has 54 heavy (non-hydrogen) atoms. The molecule has 0 saturated carbocycles. The number of nitrogens with one attached hydrogen (secondary N) is 1. The normalized spacial score (nSPS) is 15.0. The van der Waals surface area contributed by atoms with Crippen molar-refractivity contribution in [2.75, 3.05) is 37.2 Å². The molecule has 5 rings (SSSR count). The fourth-order valence-corrected chi connectivity index (χ4v) is 5.76. The summed E-state index contributed by atoms with van der Waals surface area (Å²) >= 11 is 0. The van der Waals surface area contributed by atoms with Crippen molar-refractivity contribution in [3.8, 4) is 0 Å². The van der Waals surface area contributed by atoms with Gasteiger partial charge in [0.25, 0.3) is 0 Å². The van der Waals surface area contributed by atoms with Crippen LogP contribution in [0.3, 0.4) is 0 Å². The van der Waals surface area contributed by atoms with Crippen molar-refractivity contribution >= 4 is 35.2 Å². The van der Waals surface area contributed by atoms with Crippen LogP contribution in [0, 0.1) is 23.3 Å². The molecule has 2 heterocycles. The number of hydrogen-bond donors (Lipinski definition) is 2. The lowest BCUT2D eigenvalue weighted by Gasteiger charge is -2.33. The molecule has 2 aliphatic rings. The van der Waals surface area contributed by atoms with E-state index in [-0.39, 0.29) is 42.1 Å². The molecule has 0 atom stereocenters. The van der Waals surface area contributed by atoms with Crippen molar-refractivity contribution in [1.29, 1.82) is 0 Å². The largest absolute Gasteiger partial charge is 0.444 e. The van der Waals surface area contributed by atoms with E-state index in [1.54, 1.807) is 43.9 Å². The Labute approximate surface area is 313 Å². The fourth-order valence-electron chi connectivity index (χ4n) is 5.76. The summed E-state index contributed by atoms with van der Waals surface area (Å²) < 4.78 is 71.6. The smallest absolute Gasteiger partial charge is 0.412 e. The summed E-state index contributed by atoms with van der Waals surface area (Å²) in [6.45, 7) is 12.3. The number of benzene rings is 3. The second kappa shape index (κ2) is 17.7. The van der Waals surface area contributed by atoms with E-state index in [0.717, 1.165) is 17.7 Å². The minimum absolute atomic E-state index is 0.0218. The summed E-state index contributed by atoms with van der Waals surface area (Å²) in [7, 11) is 0. The van der Waals surface area contributed by atoms with Gasteiger partial charge in [-0.2, -0.15) is 0 Å². The minimum atomic E-state index is -0.908. The number of ether oxygens (including phenoxy) is 3. The fraction of sp³-hybridized carbons (Fsp3) is 0.425. The molecule has 0 unspecified atom stereocenters. The first kappa shape index (κ1) is 41.5. The Morgan fingerprint density at radius 2 is 1.37 bits per heavy atom. The van der Waals surface area contributed by atoms with E-state index in [1.807, 2.05) is 39.0 Å². The van der Waals surface area contributed by atoms with Crippen molar-refractivity contribution in [2.24, 2.45) is 0 Å². The average molecular weight is 757 g/mol. The number of nitrogen functional groups attached to an aromatic ring is 1. The minimum Gasteiger partial charge on any atom is -0.444 e. The van der Waals surface area contributed by atoms with Crippen LogP contribution in [0.2, 0.25) is 0 Å². The lowest BCUT2D eigenvalue weighted by Crippen LogP contribution is -2.41. The standard InChI is InChI=1S/C24H26F2N2O4.C16H22F2N2O2/c1-24(2,3)32-23(30)28-11-9-17(10-12-28)18-13-21(20(26)14-19(18)25)27-22(29)31-15-16-7-5-4-6-8-16;1-16(2,3)22-15(21)20-6-4-10(5-7-20)11-8-14(19)13(18)9-12(11)17/h4-9,13-14H,10-12,15H2,1-3H3,(H,27,29);8-10H,4-7,19H2,1-3H3. The molecule has 0 radical (unpaired) electrons. The first-order valence-electron chi connectivity index (χ1n) is 17.7. The van der Waals surface area contributed by atoms with Crippen molar-refractivity contribution < 1.29 is 46.2 Å². The average Bonchev–Trinajstić information content (AvgIpc) is 3.09. The van der Waals surface area contributed by atoms with Gasteiger partial charge in [0.1, 0.15) is 41.1 Å². The summed E-state index contributed by atoms with van der Waals surface area (Å²) in [6.07, 6.45) is 1.60. The summed E-state index contributed by atoms with van der Waals surface area (Å²) in [5.74, 6) is -3.05. The van der Waals surface area contributed by atoms with Crippen LogP contribution >= 0.6 is 0 Å². The van der Waals surface area contributed by atoms with Gasteiger partial charge < -0.3 is 29.7 Å². The predicted molar refractivity (Wildman–Crippen MR) is 198 cm³/mol. The van der Waals surface area contributed by atoms with Gasteiger partial charge in [-0.25, -0.2) is 31.9 Å². The van der Waals surface area contributed by atoms with Gasteiger partial charge >= 0.3 is 18.3 Å². The van der Waals surface area contributed by atoms with Crippen molar-refractivity contribution in [3.05, 3.63) is 101 Å². The Kier molecular flexibility index (Phi) is 13.6. The molecular weight excluding hydrogens is 708 g/mol. The first-order valence-corrected chi connectivity index (χ1v) is 17.7. The Bertz CT molecular complexity index is 1830. The van der Waals surface area contributed by atoms with Crippen LogP contribution in [0.1, 0.15) is 83.4 Å². The summed E-state index contributed by atoms with van der Waals surface area (Å²) in [5.41, 5.74) is 6.11. The summed E-state index contributed by atoms with van der Waals surface area (Å²) in [5, 5.41) is 2.33. The Morgan fingerprint density at radius 3 is 1.94 bits per heavy atom. The van der Waals surface area contributed by atoms with Gasteiger partial charge in [-0.3, -0.25) is 5.32 Å². The second-order valence-corrected chi connectivity index (χ2v) is 15.0. The third-order valence-electron chi connectivity index (χ3n) is 8.42. The molecule has 3 aromatic rings. The number of hydrogen-bond acceptors (Lipinski definition) is 7. The lowest BCUT2D eigenvalue weighted by molar-refractivity contribution is 0.0202.